The molecule has 1 atom stereocenters. The van der Waals surface area contributed by atoms with Gasteiger partial charge in [-0.2, -0.15) is 0 Å². The highest BCUT2D eigenvalue weighted by Crippen LogP contribution is 2.32. The molecule has 1 aliphatic rings. The molecule has 1 aromatic carbocycles. The van der Waals surface area contributed by atoms with Gasteiger partial charge in [-0.05, 0) is 55.3 Å². The van der Waals surface area contributed by atoms with E-state index in [0.717, 1.165) is 37.4 Å². The number of para-hydroxylation sites is 2. The quantitative estimate of drug-likeness (QED) is 0.719. The molecular weight excluding hydrogens is 302 g/mol. The third kappa shape index (κ3) is 2.69. The summed E-state index contributed by atoms with van der Waals surface area (Å²) in [6.07, 6.45) is 3.46. The molecule has 3 aromatic rings. The van der Waals surface area contributed by atoms with E-state index in [1.807, 2.05) is 11.6 Å². The Labute approximate surface area is 141 Å². The van der Waals surface area contributed by atoms with Crippen molar-refractivity contribution < 1.29 is 0 Å². The molecule has 126 valence electrons. The minimum Gasteiger partial charge on any atom is -0.330 e. The van der Waals surface area contributed by atoms with E-state index >= 15 is 0 Å². The molecule has 24 heavy (non-hydrogen) atoms. The summed E-state index contributed by atoms with van der Waals surface area (Å²) in [6, 6.07) is 8.79. The standard InChI is InChI=1S/C17H23N7/c1-13-19-20-21-24(13)12-6-11-23-10-5-9-16(23)17-18-14-7-3-4-8-15(14)22(17)2/h3-4,7-8,16H,5-6,9-12H2,1-2H3/t16-/m1/s1. The summed E-state index contributed by atoms with van der Waals surface area (Å²) < 4.78 is 4.13. The summed E-state index contributed by atoms with van der Waals surface area (Å²) in [4.78, 5) is 7.46. The van der Waals surface area contributed by atoms with Gasteiger partial charge in [0.05, 0.1) is 17.1 Å². The number of aromatic nitrogens is 6. The molecule has 3 heterocycles. The van der Waals surface area contributed by atoms with Crippen molar-refractivity contribution in [2.24, 2.45) is 7.05 Å². The van der Waals surface area contributed by atoms with E-state index in [9.17, 15) is 0 Å². The Morgan fingerprint density at radius 2 is 2.08 bits per heavy atom. The van der Waals surface area contributed by atoms with Crippen LogP contribution in [0.25, 0.3) is 11.0 Å². The van der Waals surface area contributed by atoms with Gasteiger partial charge < -0.3 is 4.57 Å². The lowest BCUT2D eigenvalue weighted by molar-refractivity contribution is 0.236. The van der Waals surface area contributed by atoms with Crippen molar-refractivity contribution in [3.8, 4) is 0 Å². The molecule has 1 fully saturated rings. The first-order valence-corrected chi connectivity index (χ1v) is 8.62. The van der Waals surface area contributed by atoms with E-state index in [-0.39, 0.29) is 0 Å². The first kappa shape index (κ1) is 15.3. The molecule has 2 aromatic heterocycles. The molecule has 0 bridgehead atoms. The van der Waals surface area contributed by atoms with Gasteiger partial charge in [-0.15, -0.1) is 5.10 Å². The van der Waals surface area contributed by atoms with E-state index in [1.165, 1.54) is 24.2 Å². The van der Waals surface area contributed by atoms with Crippen LogP contribution in [0.3, 0.4) is 0 Å². The molecule has 0 unspecified atom stereocenters. The van der Waals surface area contributed by atoms with Gasteiger partial charge >= 0.3 is 0 Å². The van der Waals surface area contributed by atoms with Crippen LogP contribution >= 0.6 is 0 Å². The van der Waals surface area contributed by atoms with Gasteiger partial charge in [-0.25, -0.2) is 9.67 Å². The fraction of sp³-hybridized carbons (Fsp3) is 0.529. The fourth-order valence-electron chi connectivity index (χ4n) is 3.73. The topological polar surface area (TPSA) is 64.7 Å². The molecule has 0 amide bonds. The maximum atomic E-state index is 4.90. The molecule has 1 aliphatic heterocycles. The van der Waals surface area contributed by atoms with Crippen LogP contribution in [0.2, 0.25) is 0 Å². The molecule has 0 aliphatic carbocycles. The van der Waals surface area contributed by atoms with Gasteiger partial charge in [-0.3, -0.25) is 4.90 Å². The average Bonchev–Trinajstić information content (AvgIpc) is 3.29. The van der Waals surface area contributed by atoms with Crippen LogP contribution in [0.15, 0.2) is 24.3 Å². The van der Waals surface area contributed by atoms with E-state index in [4.69, 9.17) is 4.98 Å². The van der Waals surface area contributed by atoms with Crippen molar-refractivity contribution in [2.75, 3.05) is 13.1 Å². The molecular formula is C17H23N7. The minimum absolute atomic E-state index is 0.414. The monoisotopic (exact) mass is 325 g/mol. The van der Waals surface area contributed by atoms with Crippen molar-refractivity contribution >= 4 is 11.0 Å². The summed E-state index contributed by atoms with van der Waals surface area (Å²) in [5.74, 6) is 2.07. The fourth-order valence-corrected chi connectivity index (χ4v) is 3.73. The molecule has 0 radical (unpaired) electrons. The number of benzene rings is 1. The first-order valence-electron chi connectivity index (χ1n) is 8.62. The number of aryl methyl sites for hydroxylation is 3. The maximum Gasteiger partial charge on any atom is 0.148 e. The number of imidazole rings is 1. The second-order valence-corrected chi connectivity index (χ2v) is 6.51. The molecule has 7 nitrogen and oxygen atoms in total. The van der Waals surface area contributed by atoms with Crippen molar-refractivity contribution in [2.45, 2.75) is 38.8 Å². The van der Waals surface area contributed by atoms with Gasteiger partial charge in [0.1, 0.15) is 11.6 Å². The molecule has 0 spiro atoms. The van der Waals surface area contributed by atoms with Crippen molar-refractivity contribution in [1.82, 2.24) is 34.7 Å². The van der Waals surface area contributed by atoms with Gasteiger partial charge in [-0.1, -0.05) is 12.1 Å². The van der Waals surface area contributed by atoms with Crippen LogP contribution in [0, 0.1) is 6.92 Å². The number of fused-ring (bicyclic) bond motifs is 1. The zero-order chi connectivity index (χ0) is 16.5. The lowest BCUT2D eigenvalue weighted by atomic mass is 10.2. The number of tetrazole rings is 1. The normalized spacial score (nSPS) is 18.7. The summed E-state index contributed by atoms with van der Waals surface area (Å²) in [5, 5.41) is 11.7. The van der Waals surface area contributed by atoms with Crippen molar-refractivity contribution in [3.05, 3.63) is 35.9 Å². The summed E-state index contributed by atoms with van der Waals surface area (Å²) in [5.41, 5.74) is 2.30. The minimum atomic E-state index is 0.414. The third-order valence-electron chi connectivity index (χ3n) is 5.01. The number of likely N-dealkylation sites (tertiary alicyclic amines) is 1. The summed E-state index contributed by atoms with van der Waals surface area (Å²) in [7, 11) is 2.13. The first-order chi connectivity index (χ1) is 11.7. The Morgan fingerprint density at radius 1 is 1.21 bits per heavy atom. The van der Waals surface area contributed by atoms with E-state index in [2.05, 4.69) is 56.3 Å². The number of hydrogen-bond acceptors (Lipinski definition) is 5. The van der Waals surface area contributed by atoms with Crippen LogP contribution in [-0.4, -0.2) is 47.7 Å². The molecule has 1 saturated heterocycles. The zero-order valence-electron chi connectivity index (χ0n) is 14.3. The smallest absolute Gasteiger partial charge is 0.148 e. The maximum absolute atomic E-state index is 4.90. The van der Waals surface area contributed by atoms with E-state index in [0.29, 0.717) is 6.04 Å². The summed E-state index contributed by atoms with van der Waals surface area (Å²) >= 11 is 0. The molecule has 7 heteroatoms. The zero-order valence-corrected chi connectivity index (χ0v) is 14.3. The Hall–Kier alpha value is -2.28. The summed E-state index contributed by atoms with van der Waals surface area (Å²) in [6.45, 7) is 5.00. The van der Waals surface area contributed by atoms with Crippen molar-refractivity contribution in [1.29, 1.82) is 0 Å². The van der Waals surface area contributed by atoms with Crippen LogP contribution in [-0.2, 0) is 13.6 Å². The van der Waals surface area contributed by atoms with Crippen molar-refractivity contribution in [3.63, 3.8) is 0 Å². The van der Waals surface area contributed by atoms with Gasteiger partial charge in [0, 0.05) is 20.1 Å². The Balaban J connectivity index is 1.48. The highest BCUT2D eigenvalue weighted by Gasteiger charge is 2.29. The second-order valence-electron chi connectivity index (χ2n) is 6.51. The predicted octanol–water partition coefficient (Wildman–Crippen LogP) is 2.10. The third-order valence-corrected chi connectivity index (χ3v) is 5.01. The molecule has 0 N–H and O–H groups in total. The Bertz CT molecular complexity index is 834. The van der Waals surface area contributed by atoms with Crippen LogP contribution < -0.4 is 0 Å². The lowest BCUT2D eigenvalue weighted by Gasteiger charge is -2.24. The van der Waals surface area contributed by atoms with Gasteiger partial charge in [0.25, 0.3) is 0 Å². The molecule has 0 saturated carbocycles. The average molecular weight is 325 g/mol. The lowest BCUT2D eigenvalue weighted by Crippen LogP contribution is -2.27. The van der Waals surface area contributed by atoms with Crippen LogP contribution in [0.1, 0.15) is 37.0 Å². The number of nitrogens with zero attached hydrogens (tertiary/aromatic N) is 7. The molecule has 4 rings (SSSR count). The predicted molar refractivity (Wildman–Crippen MR) is 91.4 cm³/mol. The SMILES string of the molecule is Cc1nnnn1CCCN1CCC[C@@H]1c1nc2ccccc2n1C. The number of hydrogen-bond donors (Lipinski definition) is 0. The van der Waals surface area contributed by atoms with Crippen LogP contribution in [0.5, 0.6) is 0 Å². The van der Waals surface area contributed by atoms with E-state index in [1.54, 1.807) is 0 Å². The Kier molecular flexibility index (Phi) is 4.02. The highest BCUT2D eigenvalue weighted by atomic mass is 15.5. The van der Waals surface area contributed by atoms with Gasteiger partial charge in [0.2, 0.25) is 0 Å². The number of rotatable bonds is 5. The largest absolute Gasteiger partial charge is 0.330 e. The van der Waals surface area contributed by atoms with Gasteiger partial charge in [0.15, 0.2) is 0 Å². The Morgan fingerprint density at radius 3 is 2.88 bits per heavy atom. The van der Waals surface area contributed by atoms with Crippen LogP contribution in [0.4, 0.5) is 0 Å². The second kappa shape index (κ2) is 6.32. The highest BCUT2D eigenvalue weighted by molar-refractivity contribution is 5.75. The van der Waals surface area contributed by atoms with E-state index < -0.39 is 0 Å².